The third kappa shape index (κ3) is 1.91. The largest absolute Gasteiger partial charge is 0.490 e. The zero-order valence-electron chi connectivity index (χ0n) is 8.67. The monoisotopic (exact) mass is 224 g/mol. The molecule has 0 aliphatic heterocycles. The van der Waals surface area contributed by atoms with Crippen LogP contribution in [0.15, 0.2) is 34.9 Å². The number of halogens is 2. The van der Waals surface area contributed by atoms with E-state index in [2.05, 4.69) is 0 Å². The highest BCUT2D eigenvalue weighted by molar-refractivity contribution is 5.66. The van der Waals surface area contributed by atoms with E-state index < -0.39 is 11.6 Å². The maximum absolute atomic E-state index is 13.5. The quantitative estimate of drug-likeness (QED) is 0.794. The molecule has 0 N–H and O–H groups in total. The van der Waals surface area contributed by atoms with Gasteiger partial charge < -0.3 is 9.15 Å². The molecule has 1 heterocycles. The molecule has 0 saturated heterocycles. The van der Waals surface area contributed by atoms with E-state index in [1.54, 1.807) is 19.1 Å². The Labute approximate surface area is 91.5 Å². The Morgan fingerprint density at radius 3 is 2.75 bits per heavy atom. The van der Waals surface area contributed by atoms with Crippen LogP contribution in [-0.2, 0) is 0 Å². The van der Waals surface area contributed by atoms with Crippen LogP contribution in [0.5, 0.6) is 5.75 Å². The lowest BCUT2D eigenvalue weighted by atomic mass is 10.1. The van der Waals surface area contributed by atoms with E-state index in [1.807, 2.05) is 0 Å². The van der Waals surface area contributed by atoms with E-state index in [9.17, 15) is 8.78 Å². The highest BCUT2D eigenvalue weighted by Crippen LogP contribution is 2.33. The van der Waals surface area contributed by atoms with Crippen molar-refractivity contribution in [1.29, 1.82) is 0 Å². The Hall–Kier alpha value is -1.84. The molecule has 0 spiro atoms. The summed E-state index contributed by atoms with van der Waals surface area (Å²) in [6.07, 6.45) is 1.44. The van der Waals surface area contributed by atoms with Gasteiger partial charge in [0.15, 0.2) is 11.6 Å². The molecule has 0 radical (unpaired) electrons. The predicted molar refractivity (Wildman–Crippen MR) is 55.2 cm³/mol. The molecule has 2 rings (SSSR count). The normalized spacial score (nSPS) is 10.4. The summed E-state index contributed by atoms with van der Waals surface area (Å²) in [5, 5.41) is 0. The fraction of sp³-hybridized carbons (Fsp3) is 0.167. The Kier molecular flexibility index (Phi) is 2.90. The molecule has 1 aromatic carbocycles. The van der Waals surface area contributed by atoms with Crippen LogP contribution in [0.3, 0.4) is 0 Å². The summed E-state index contributed by atoms with van der Waals surface area (Å²) in [6.45, 7) is 2.03. The third-order valence-corrected chi connectivity index (χ3v) is 2.08. The second-order valence-corrected chi connectivity index (χ2v) is 3.17. The van der Waals surface area contributed by atoms with Gasteiger partial charge in [-0.3, -0.25) is 0 Å². The zero-order chi connectivity index (χ0) is 11.5. The van der Waals surface area contributed by atoms with Gasteiger partial charge >= 0.3 is 0 Å². The summed E-state index contributed by atoms with van der Waals surface area (Å²) < 4.78 is 36.8. The van der Waals surface area contributed by atoms with Gasteiger partial charge in [0, 0.05) is 6.07 Å². The smallest absolute Gasteiger partial charge is 0.168 e. The number of rotatable bonds is 3. The number of benzene rings is 1. The molecule has 0 saturated carbocycles. The van der Waals surface area contributed by atoms with Crippen molar-refractivity contribution in [3.05, 3.63) is 42.2 Å². The van der Waals surface area contributed by atoms with Crippen LogP contribution < -0.4 is 4.74 Å². The topological polar surface area (TPSA) is 22.4 Å². The lowest BCUT2D eigenvalue weighted by molar-refractivity contribution is 0.321. The first-order valence-corrected chi connectivity index (χ1v) is 4.88. The van der Waals surface area contributed by atoms with Crippen molar-refractivity contribution in [2.75, 3.05) is 6.61 Å². The Bertz CT molecular complexity index is 478. The molecule has 2 aromatic rings. The van der Waals surface area contributed by atoms with Gasteiger partial charge in [-0.2, -0.15) is 0 Å². The summed E-state index contributed by atoms with van der Waals surface area (Å²) in [5.74, 6) is -0.999. The van der Waals surface area contributed by atoms with Crippen molar-refractivity contribution in [1.82, 2.24) is 0 Å². The number of hydrogen-bond donors (Lipinski definition) is 0. The molecule has 0 aliphatic rings. The Morgan fingerprint density at radius 2 is 2.12 bits per heavy atom. The van der Waals surface area contributed by atoms with Crippen molar-refractivity contribution in [2.45, 2.75) is 6.92 Å². The predicted octanol–water partition coefficient (Wildman–Crippen LogP) is 3.62. The Morgan fingerprint density at radius 1 is 1.31 bits per heavy atom. The molecule has 4 heteroatoms. The molecule has 0 bridgehead atoms. The molecule has 84 valence electrons. The average molecular weight is 224 g/mol. The maximum atomic E-state index is 13.5. The number of ether oxygens (including phenoxy) is 1. The fourth-order valence-electron chi connectivity index (χ4n) is 1.47. The minimum absolute atomic E-state index is 0.0128. The van der Waals surface area contributed by atoms with E-state index in [1.165, 1.54) is 12.3 Å². The van der Waals surface area contributed by atoms with E-state index in [0.717, 1.165) is 6.07 Å². The molecular weight excluding hydrogens is 214 g/mol. The minimum atomic E-state index is -0.728. The van der Waals surface area contributed by atoms with Crippen molar-refractivity contribution in [3.63, 3.8) is 0 Å². The van der Waals surface area contributed by atoms with Gasteiger partial charge in [0.05, 0.1) is 18.4 Å². The van der Waals surface area contributed by atoms with E-state index >= 15 is 0 Å². The van der Waals surface area contributed by atoms with Crippen LogP contribution >= 0.6 is 0 Å². The van der Waals surface area contributed by atoms with Crippen LogP contribution in [0.25, 0.3) is 11.3 Å². The molecule has 0 unspecified atom stereocenters. The third-order valence-electron chi connectivity index (χ3n) is 2.08. The van der Waals surface area contributed by atoms with Crippen LogP contribution in [0.2, 0.25) is 0 Å². The van der Waals surface area contributed by atoms with Gasteiger partial charge in [-0.15, -0.1) is 0 Å². The summed E-state index contributed by atoms with van der Waals surface area (Å²) in [4.78, 5) is 0. The number of furan rings is 1. The molecule has 16 heavy (non-hydrogen) atoms. The van der Waals surface area contributed by atoms with Gasteiger partial charge in [-0.25, -0.2) is 8.78 Å². The first-order chi connectivity index (χ1) is 7.72. The van der Waals surface area contributed by atoms with Crippen molar-refractivity contribution in [3.8, 4) is 17.1 Å². The summed E-state index contributed by atoms with van der Waals surface area (Å²) in [5.41, 5.74) is 0.282. The minimum Gasteiger partial charge on any atom is -0.490 e. The summed E-state index contributed by atoms with van der Waals surface area (Å²) in [6, 6.07) is 5.24. The molecule has 0 atom stereocenters. The average Bonchev–Trinajstić information content (AvgIpc) is 2.75. The highest BCUT2D eigenvalue weighted by atomic mass is 19.1. The number of hydrogen-bond acceptors (Lipinski definition) is 2. The van der Waals surface area contributed by atoms with Crippen LogP contribution in [-0.4, -0.2) is 6.61 Å². The van der Waals surface area contributed by atoms with Crippen LogP contribution in [0.1, 0.15) is 6.92 Å². The van der Waals surface area contributed by atoms with E-state index in [0.29, 0.717) is 12.4 Å². The highest BCUT2D eigenvalue weighted by Gasteiger charge is 2.15. The van der Waals surface area contributed by atoms with Crippen molar-refractivity contribution < 1.29 is 17.9 Å². The first-order valence-electron chi connectivity index (χ1n) is 4.88. The second kappa shape index (κ2) is 4.35. The SMILES string of the molecule is CCOc1c(F)cc(F)cc1-c1ccco1. The van der Waals surface area contributed by atoms with Crippen molar-refractivity contribution >= 4 is 0 Å². The van der Waals surface area contributed by atoms with Gasteiger partial charge in [0.1, 0.15) is 11.6 Å². The Balaban J connectivity index is 2.57. The fourth-order valence-corrected chi connectivity index (χ4v) is 1.47. The van der Waals surface area contributed by atoms with Gasteiger partial charge in [-0.1, -0.05) is 0 Å². The molecular formula is C12H10F2O2. The molecule has 0 amide bonds. The molecule has 1 aromatic heterocycles. The lowest BCUT2D eigenvalue weighted by Crippen LogP contribution is -1.98. The molecule has 0 aliphatic carbocycles. The maximum Gasteiger partial charge on any atom is 0.168 e. The van der Waals surface area contributed by atoms with Gasteiger partial charge in [-0.05, 0) is 25.1 Å². The zero-order valence-corrected chi connectivity index (χ0v) is 8.67. The van der Waals surface area contributed by atoms with Crippen molar-refractivity contribution in [2.24, 2.45) is 0 Å². The van der Waals surface area contributed by atoms with Crippen LogP contribution in [0, 0.1) is 11.6 Å². The van der Waals surface area contributed by atoms with Crippen LogP contribution in [0.4, 0.5) is 8.78 Å². The second-order valence-electron chi connectivity index (χ2n) is 3.17. The van der Waals surface area contributed by atoms with E-state index in [-0.39, 0.29) is 11.3 Å². The summed E-state index contributed by atoms with van der Waals surface area (Å²) in [7, 11) is 0. The first kappa shape index (κ1) is 10.7. The molecule has 2 nitrogen and oxygen atoms in total. The molecule has 0 fully saturated rings. The lowest BCUT2D eigenvalue weighted by Gasteiger charge is -2.09. The van der Waals surface area contributed by atoms with E-state index in [4.69, 9.17) is 9.15 Å². The van der Waals surface area contributed by atoms with Gasteiger partial charge in [0.2, 0.25) is 0 Å². The standard InChI is InChI=1S/C12H10F2O2/c1-2-15-12-9(11-4-3-5-16-11)6-8(13)7-10(12)14/h3-7H,2H2,1H3. The summed E-state index contributed by atoms with van der Waals surface area (Å²) >= 11 is 0. The van der Waals surface area contributed by atoms with Gasteiger partial charge in [0.25, 0.3) is 0 Å².